The second kappa shape index (κ2) is 7.57. The highest BCUT2D eigenvalue weighted by atomic mass is 79.9. The molecule has 0 aliphatic rings. The van der Waals surface area contributed by atoms with Crippen LogP contribution >= 0.6 is 15.9 Å². The van der Waals surface area contributed by atoms with E-state index in [4.69, 9.17) is 0 Å². The fourth-order valence-corrected chi connectivity index (χ4v) is 2.35. The molecule has 134 valence electrons. The predicted molar refractivity (Wildman–Crippen MR) is 92.3 cm³/mol. The summed E-state index contributed by atoms with van der Waals surface area (Å²) in [6.45, 7) is 0. The van der Waals surface area contributed by atoms with Crippen LogP contribution in [0.1, 0.15) is 15.9 Å². The van der Waals surface area contributed by atoms with Gasteiger partial charge in [-0.1, -0.05) is 15.9 Å². The molecule has 0 heterocycles. The fraction of sp³-hybridized carbons (Fsp3) is 0. The highest BCUT2D eigenvalue weighted by Gasteiger charge is 2.18. The number of hydrazone groups is 1. The maximum Gasteiger partial charge on any atom is 0.312 e. The molecule has 0 aliphatic heterocycles. The van der Waals surface area contributed by atoms with Crippen molar-refractivity contribution < 1.29 is 24.9 Å². The average Bonchev–Trinajstić information content (AvgIpc) is 2.57. The highest BCUT2D eigenvalue weighted by Crippen LogP contribution is 2.32. The summed E-state index contributed by atoms with van der Waals surface area (Å²) in [6.07, 6.45) is 0.944. The number of amides is 1. The van der Waals surface area contributed by atoms with E-state index in [1.54, 1.807) is 0 Å². The van der Waals surface area contributed by atoms with Crippen LogP contribution in [0.4, 0.5) is 11.4 Å². The molecule has 12 heteroatoms. The first-order valence-electron chi connectivity index (χ1n) is 6.68. The Hall–Kier alpha value is -3.54. The minimum atomic E-state index is -0.952. The molecule has 0 saturated carbocycles. The van der Waals surface area contributed by atoms with Crippen molar-refractivity contribution in [3.63, 3.8) is 0 Å². The molecule has 0 bridgehead atoms. The van der Waals surface area contributed by atoms with Crippen molar-refractivity contribution in [1.29, 1.82) is 0 Å². The van der Waals surface area contributed by atoms with Crippen molar-refractivity contribution in [2.75, 3.05) is 0 Å². The standard InChI is InChI=1S/C14H9BrN4O7/c15-8-3-7(13(21)11(4-8)19(25)26)6-16-17-14(22)10-5-9(18(23)24)1-2-12(10)20/h1-6,20-21H,(H,17,22)/b16-6-. The van der Waals surface area contributed by atoms with Crippen molar-refractivity contribution in [2.45, 2.75) is 0 Å². The normalized spacial score (nSPS) is 10.7. The topological polar surface area (TPSA) is 168 Å². The first-order valence-corrected chi connectivity index (χ1v) is 7.47. The number of halogens is 1. The first-order chi connectivity index (χ1) is 12.2. The Bertz CT molecular complexity index is 945. The summed E-state index contributed by atoms with van der Waals surface area (Å²) in [5.74, 6) is -2.11. The zero-order valence-corrected chi connectivity index (χ0v) is 14.2. The second-order valence-electron chi connectivity index (χ2n) is 4.78. The van der Waals surface area contributed by atoms with Crippen molar-refractivity contribution >= 4 is 39.4 Å². The van der Waals surface area contributed by atoms with Crippen molar-refractivity contribution in [3.8, 4) is 11.5 Å². The lowest BCUT2D eigenvalue weighted by Gasteiger charge is -2.04. The molecule has 0 unspecified atom stereocenters. The SMILES string of the molecule is O=C(N/N=C\c1cc(Br)cc([N+](=O)[O-])c1O)c1cc([N+](=O)[O-])ccc1O. The number of aromatic hydroxyl groups is 2. The Morgan fingerprint density at radius 2 is 1.85 bits per heavy atom. The number of phenols is 2. The summed E-state index contributed by atoms with van der Waals surface area (Å²) < 4.78 is 0.297. The van der Waals surface area contributed by atoms with Gasteiger partial charge >= 0.3 is 5.69 Å². The molecule has 2 rings (SSSR count). The number of nitrogens with one attached hydrogen (secondary N) is 1. The molecule has 0 atom stereocenters. The average molecular weight is 425 g/mol. The number of nitro benzene ring substituents is 2. The molecule has 0 aromatic heterocycles. The van der Waals surface area contributed by atoms with Crippen LogP contribution in [0.2, 0.25) is 0 Å². The summed E-state index contributed by atoms with van der Waals surface area (Å²) >= 11 is 3.04. The third-order valence-electron chi connectivity index (χ3n) is 3.09. The summed E-state index contributed by atoms with van der Waals surface area (Å²) in [7, 11) is 0. The number of hydrogen-bond acceptors (Lipinski definition) is 8. The van der Waals surface area contributed by atoms with Crippen LogP contribution in [-0.4, -0.2) is 32.2 Å². The molecule has 2 aromatic carbocycles. The number of carbonyl (C=O) groups is 1. The number of carbonyl (C=O) groups excluding carboxylic acids is 1. The van der Waals surface area contributed by atoms with E-state index in [0.717, 1.165) is 30.5 Å². The quantitative estimate of drug-likeness (QED) is 0.375. The molecule has 0 radical (unpaired) electrons. The first kappa shape index (κ1) is 18.8. The Morgan fingerprint density at radius 3 is 2.46 bits per heavy atom. The van der Waals surface area contributed by atoms with Gasteiger partial charge in [-0.05, 0) is 12.1 Å². The predicted octanol–water partition coefficient (Wildman–Crippen LogP) is 2.44. The Kier molecular flexibility index (Phi) is 5.47. The van der Waals surface area contributed by atoms with E-state index < -0.39 is 38.6 Å². The highest BCUT2D eigenvalue weighted by molar-refractivity contribution is 9.10. The largest absolute Gasteiger partial charge is 0.507 e. The lowest BCUT2D eigenvalue weighted by molar-refractivity contribution is -0.386. The van der Waals surface area contributed by atoms with Crippen molar-refractivity contribution in [2.24, 2.45) is 5.10 Å². The van der Waals surface area contributed by atoms with Crippen molar-refractivity contribution in [3.05, 3.63) is 66.2 Å². The summed E-state index contributed by atoms with van der Waals surface area (Å²) in [4.78, 5) is 32.0. The third kappa shape index (κ3) is 4.10. The van der Waals surface area contributed by atoms with Gasteiger partial charge in [0.25, 0.3) is 11.6 Å². The van der Waals surface area contributed by atoms with Crippen LogP contribution in [0.25, 0.3) is 0 Å². The van der Waals surface area contributed by atoms with Crippen LogP contribution in [0.15, 0.2) is 39.9 Å². The summed E-state index contributed by atoms with van der Waals surface area (Å²) in [5.41, 5.74) is 0.581. The summed E-state index contributed by atoms with van der Waals surface area (Å²) in [6, 6.07) is 5.28. The molecule has 0 aliphatic carbocycles. The Balaban J connectivity index is 2.24. The zero-order chi connectivity index (χ0) is 19.4. The molecule has 2 aromatic rings. The molecular weight excluding hydrogens is 416 g/mol. The maximum absolute atomic E-state index is 12.0. The van der Waals surface area contributed by atoms with E-state index in [1.165, 1.54) is 6.07 Å². The van der Waals surface area contributed by atoms with Crippen molar-refractivity contribution in [1.82, 2.24) is 5.43 Å². The Labute approximate surface area is 153 Å². The van der Waals surface area contributed by atoms with Gasteiger partial charge in [-0.15, -0.1) is 0 Å². The smallest absolute Gasteiger partial charge is 0.312 e. The number of hydrogen-bond donors (Lipinski definition) is 3. The molecule has 0 fully saturated rings. The van der Waals surface area contributed by atoms with E-state index in [0.29, 0.717) is 4.47 Å². The lowest BCUT2D eigenvalue weighted by Crippen LogP contribution is -2.18. The monoisotopic (exact) mass is 424 g/mol. The van der Waals surface area contributed by atoms with Gasteiger partial charge in [0.05, 0.1) is 21.6 Å². The van der Waals surface area contributed by atoms with Gasteiger partial charge in [0, 0.05) is 28.2 Å². The van der Waals surface area contributed by atoms with Gasteiger partial charge in [-0.3, -0.25) is 25.0 Å². The van der Waals surface area contributed by atoms with E-state index in [2.05, 4.69) is 21.0 Å². The van der Waals surface area contributed by atoms with E-state index in [-0.39, 0.29) is 11.1 Å². The lowest BCUT2D eigenvalue weighted by atomic mass is 10.1. The number of phenolic OH excluding ortho intramolecular Hbond substituents is 2. The minimum absolute atomic E-state index is 0.0605. The number of rotatable bonds is 5. The van der Waals surface area contributed by atoms with Crippen LogP contribution in [0.3, 0.4) is 0 Å². The molecule has 11 nitrogen and oxygen atoms in total. The van der Waals surface area contributed by atoms with Crippen LogP contribution in [0.5, 0.6) is 11.5 Å². The molecule has 3 N–H and O–H groups in total. The molecular formula is C14H9BrN4O7. The van der Waals surface area contributed by atoms with Gasteiger partial charge in [0.2, 0.25) is 5.75 Å². The van der Waals surface area contributed by atoms with E-state index in [1.807, 2.05) is 5.43 Å². The molecule has 1 amide bonds. The van der Waals surface area contributed by atoms with Gasteiger partial charge in [0.15, 0.2) is 0 Å². The van der Waals surface area contributed by atoms with Gasteiger partial charge < -0.3 is 10.2 Å². The number of benzene rings is 2. The number of nitro groups is 2. The summed E-state index contributed by atoms with van der Waals surface area (Å²) in [5, 5.41) is 44.5. The van der Waals surface area contributed by atoms with Crippen LogP contribution in [0, 0.1) is 20.2 Å². The third-order valence-corrected chi connectivity index (χ3v) is 3.54. The second-order valence-corrected chi connectivity index (χ2v) is 5.69. The van der Waals surface area contributed by atoms with Gasteiger partial charge in [-0.2, -0.15) is 5.10 Å². The number of nitrogens with zero attached hydrogens (tertiary/aromatic N) is 3. The maximum atomic E-state index is 12.0. The minimum Gasteiger partial charge on any atom is -0.507 e. The Morgan fingerprint density at radius 1 is 1.15 bits per heavy atom. The fourth-order valence-electron chi connectivity index (χ4n) is 1.88. The van der Waals surface area contributed by atoms with Gasteiger partial charge in [-0.25, -0.2) is 5.43 Å². The molecule has 0 spiro atoms. The molecule has 26 heavy (non-hydrogen) atoms. The van der Waals surface area contributed by atoms with Crippen LogP contribution < -0.4 is 5.43 Å². The van der Waals surface area contributed by atoms with Crippen LogP contribution in [-0.2, 0) is 0 Å². The van der Waals surface area contributed by atoms with E-state index >= 15 is 0 Å². The van der Waals surface area contributed by atoms with Gasteiger partial charge in [0.1, 0.15) is 5.75 Å². The molecule has 0 saturated heterocycles. The zero-order valence-electron chi connectivity index (χ0n) is 12.6. The number of non-ortho nitro benzene ring substituents is 1. The van der Waals surface area contributed by atoms with E-state index in [9.17, 15) is 35.2 Å².